The maximum absolute atomic E-state index is 11.5. The molecule has 1 heterocycles. The zero-order chi connectivity index (χ0) is 10.4. The van der Waals surface area contributed by atoms with E-state index in [0.29, 0.717) is 0 Å². The largest absolute Gasteiger partial charge is 0.352 e. The molecule has 0 spiro atoms. The summed E-state index contributed by atoms with van der Waals surface area (Å²) in [5.74, 6) is 0.0534. The molecule has 14 heavy (non-hydrogen) atoms. The van der Waals surface area contributed by atoms with Crippen molar-refractivity contribution in [3.63, 3.8) is 0 Å². The van der Waals surface area contributed by atoms with E-state index in [1.807, 2.05) is 11.4 Å². The molecule has 0 unspecified atom stereocenters. The molecule has 0 aliphatic rings. The SMILES string of the molecule is O=C(NCCCCI)c1csc(I)c1. The van der Waals surface area contributed by atoms with E-state index < -0.39 is 0 Å². The summed E-state index contributed by atoms with van der Waals surface area (Å²) in [5.41, 5.74) is 0.786. The molecule has 1 N–H and O–H groups in total. The maximum atomic E-state index is 11.5. The van der Waals surface area contributed by atoms with Gasteiger partial charge in [0.2, 0.25) is 0 Å². The van der Waals surface area contributed by atoms with Gasteiger partial charge in [0.25, 0.3) is 5.91 Å². The summed E-state index contributed by atoms with van der Waals surface area (Å²) >= 11 is 6.17. The lowest BCUT2D eigenvalue weighted by Crippen LogP contribution is -2.23. The quantitative estimate of drug-likeness (QED) is 0.430. The highest BCUT2D eigenvalue weighted by Crippen LogP contribution is 2.16. The molecule has 1 aromatic rings. The first-order valence-electron chi connectivity index (χ1n) is 4.32. The Bertz CT molecular complexity index is 301. The molecule has 0 radical (unpaired) electrons. The number of rotatable bonds is 5. The van der Waals surface area contributed by atoms with Gasteiger partial charge in [0, 0.05) is 11.9 Å². The average molecular weight is 435 g/mol. The van der Waals surface area contributed by atoms with Crippen molar-refractivity contribution in [3.05, 3.63) is 19.9 Å². The van der Waals surface area contributed by atoms with Crippen molar-refractivity contribution in [1.29, 1.82) is 0 Å². The Kier molecular flexibility index (Phi) is 6.34. The summed E-state index contributed by atoms with van der Waals surface area (Å²) in [7, 11) is 0. The van der Waals surface area contributed by atoms with Gasteiger partial charge in [-0.05, 0) is 45.9 Å². The van der Waals surface area contributed by atoms with E-state index in [4.69, 9.17) is 0 Å². The summed E-state index contributed by atoms with van der Waals surface area (Å²) in [6.45, 7) is 0.786. The van der Waals surface area contributed by atoms with Crippen molar-refractivity contribution in [2.45, 2.75) is 12.8 Å². The van der Waals surface area contributed by atoms with E-state index in [-0.39, 0.29) is 5.91 Å². The van der Waals surface area contributed by atoms with Crippen molar-refractivity contribution >= 4 is 62.4 Å². The molecule has 5 heteroatoms. The summed E-state index contributed by atoms with van der Waals surface area (Å²) < 4.78 is 2.31. The molecule has 0 bridgehead atoms. The van der Waals surface area contributed by atoms with Crippen LogP contribution < -0.4 is 5.32 Å². The summed E-state index contributed by atoms with van der Waals surface area (Å²) in [6.07, 6.45) is 2.23. The Morgan fingerprint density at radius 2 is 2.29 bits per heavy atom. The van der Waals surface area contributed by atoms with Gasteiger partial charge in [0.15, 0.2) is 0 Å². The molecular formula is C9H11I2NOS. The van der Waals surface area contributed by atoms with E-state index in [9.17, 15) is 4.79 Å². The lowest BCUT2D eigenvalue weighted by Gasteiger charge is -2.01. The van der Waals surface area contributed by atoms with E-state index in [2.05, 4.69) is 50.5 Å². The first-order valence-corrected chi connectivity index (χ1v) is 7.80. The van der Waals surface area contributed by atoms with Gasteiger partial charge < -0.3 is 5.32 Å². The van der Waals surface area contributed by atoms with Gasteiger partial charge in [0.1, 0.15) is 0 Å². The van der Waals surface area contributed by atoms with E-state index >= 15 is 0 Å². The topological polar surface area (TPSA) is 29.1 Å². The van der Waals surface area contributed by atoms with Crippen molar-refractivity contribution in [3.8, 4) is 0 Å². The third-order valence-electron chi connectivity index (χ3n) is 1.68. The molecule has 1 rings (SSSR count). The second-order valence-corrected chi connectivity index (χ2v) is 6.68. The van der Waals surface area contributed by atoms with Crippen molar-refractivity contribution < 1.29 is 4.79 Å². The normalized spacial score (nSPS) is 10.1. The van der Waals surface area contributed by atoms with Gasteiger partial charge in [-0.15, -0.1) is 11.3 Å². The number of carbonyl (C=O) groups is 1. The third kappa shape index (κ3) is 4.43. The van der Waals surface area contributed by atoms with Crippen LogP contribution in [0, 0.1) is 2.88 Å². The zero-order valence-electron chi connectivity index (χ0n) is 7.56. The third-order valence-corrected chi connectivity index (χ3v) is 4.23. The van der Waals surface area contributed by atoms with Gasteiger partial charge in [-0.25, -0.2) is 0 Å². The van der Waals surface area contributed by atoms with Crippen LogP contribution in [0.3, 0.4) is 0 Å². The fourth-order valence-corrected chi connectivity index (χ4v) is 2.82. The van der Waals surface area contributed by atoms with E-state index in [1.54, 1.807) is 11.3 Å². The van der Waals surface area contributed by atoms with Crippen LogP contribution >= 0.6 is 56.5 Å². The molecule has 0 atom stereocenters. The molecule has 1 amide bonds. The summed E-state index contributed by atoms with van der Waals surface area (Å²) in [6, 6.07) is 1.92. The minimum absolute atomic E-state index is 0.0534. The van der Waals surface area contributed by atoms with Gasteiger partial charge in [-0.1, -0.05) is 22.6 Å². The van der Waals surface area contributed by atoms with Crippen LogP contribution in [0.5, 0.6) is 0 Å². The van der Waals surface area contributed by atoms with Gasteiger partial charge >= 0.3 is 0 Å². The standard InChI is InChI=1S/C9H11I2NOS/c10-3-1-2-4-12-9(13)7-5-8(11)14-6-7/h5-6H,1-4H2,(H,12,13). The van der Waals surface area contributed by atoms with Gasteiger partial charge in [0.05, 0.1) is 8.45 Å². The summed E-state index contributed by atoms with van der Waals surface area (Å²) in [5, 5.41) is 4.81. The minimum Gasteiger partial charge on any atom is -0.352 e. The molecule has 2 nitrogen and oxygen atoms in total. The Morgan fingerprint density at radius 1 is 1.50 bits per heavy atom. The Hall–Kier alpha value is 0.630. The van der Waals surface area contributed by atoms with E-state index in [1.165, 1.54) is 6.42 Å². The zero-order valence-corrected chi connectivity index (χ0v) is 12.7. The van der Waals surface area contributed by atoms with Crippen LogP contribution in [-0.2, 0) is 0 Å². The highest BCUT2D eigenvalue weighted by atomic mass is 127. The molecule has 0 fully saturated rings. The summed E-state index contributed by atoms with van der Waals surface area (Å²) in [4.78, 5) is 11.5. The second-order valence-electron chi connectivity index (χ2n) is 2.79. The number of amides is 1. The average Bonchev–Trinajstić information content (AvgIpc) is 2.59. The molecule has 1 aromatic heterocycles. The smallest absolute Gasteiger partial charge is 0.252 e. The molecule has 0 saturated carbocycles. The number of carbonyl (C=O) groups excluding carboxylic acids is 1. The number of halogens is 2. The molecule has 0 aliphatic heterocycles. The number of thiophene rings is 1. The number of nitrogens with one attached hydrogen (secondary N) is 1. The highest BCUT2D eigenvalue weighted by molar-refractivity contribution is 14.1. The van der Waals surface area contributed by atoms with Crippen LogP contribution in [0.2, 0.25) is 0 Å². The Morgan fingerprint density at radius 3 is 2.86 bits per heavy atom. The second kappa shape index (κ2) is 7.00. The maximum Gasteiger partial charge on any atom is 0.252 e. The van der Waals surface area contributed by atoms with Crippen molar-refractivity contribution in [1.82, 2.24) is 5.32 Å². The Labute approximate surface area is 115 Å². The number of hydrogen-bond acceptors (Lipinski definition) is 2. The van der Waals surface area contributed by atoms with Crippen LogP contribution in [0.1, 0.15) is 23.2 Å². The van der Waals surface area contributed by atoms with Crippen LogP contribution in [0.15, 0.2) is 11.4 Å². The van der Waals surface area contributed by atoms with Gasteiger partial charge in [-0.2, -0.15) is 0 Å². The Balaban J connectivity index is 2.29. The first kappa shape index (κ1) is 12.7. The fourth-order valence-electron chi connectivity index (χ4n) is 0.953. The van der Waals surface area contributed by atoms with Crippen molar-refractivity contribution in [2.75, 3.05) is 11.0 Å². The highest BCUT2D eigenvalue weighted by Gasteiger charge is 2.06. The number of unbranched alkanes of at least 4 members (excludes halogenated alkanes) is 1. The number of alkyl halides is 1. The number of hydrogen-bond donors (Lipinski definition) is 1. The predicted octanol–water partition coefficient (Wildman–Crippen LogP) is 3.30. The lowest BCUT2D eigenvalue weighted by molar-refractivity contribution is 0.0953. The first-order chi connectivity index (χ1) is 6.74. The van der Waals surface area contributed by atoms with Crippen LogP contribution in [0.25, 0.3) is 0 Å². The molecule has 78 valence electrons. The molecule has 0 aliphatic carbocycles. The molecular weight excluding hydrogens is 424 g/mol. The fraction of sp³-hybridized carbons (Fsp3) is 0.444. The van der Waals surface area contributed by atoms with Crippen LogP contribution in [-0.4, -0.2) is 16.9 Å². The molecule has 0 saturated heterocycles. The lowest BCUT2D eigenvalue weighted by atomic mass is 10.3. The van der Waals surface area contributed by atoms with E-state index in [0.717, 1.165) is 25.8 Å². The minimum atomic E-state index is 0.0534. The van der Waals surface area contributed by atoms with Crippen LogP contribution in [0.4, 0.5) is 0 Å². The molecule has 0 aromatic carbocycles. The van der Waals surface area contributed by atoms with Gasteiger partial charge in [-0.3, -0.25) is 4.79 Å². The monoisotopic (exact) mass is 435 g/mol. The van der Waals surface area contributed by atoms with Crippen molar-refractivity contribution in [2.24, 2.45) is 0 Å². The predicted molar refractivity (Wildman–Crippen MR) is 77.5 cm³/mol.